The van der Waals surface area contributed by atoms with E-state index in [2.05, 4.69) is 15.1 Å². The monoisotopic (exact) mass is 440 g/mol. The highest BCUT2D eigenvalue weighted by Crippen LogP contribution is 2.39. The third-order valence-electron chi connectivity index (χ3n) is 6.41. The van der Waals surface area contributed by atoms with E-state index in [9.17, 15) is 18.0 Å². The van der Waals surface area contributed by atoms with Crippen LogP contribution in [-0.2, 0) is 27.5 Å². The van der Waals surface area contributed by atoms with Gasteiger partial charge in [-0.1, -0.05) is 0 Å². The Kier molecular flexibility index (Phi) is 5.71. The molecule has 10 heteroatoms. The van der Waals surface area contributed by atoms with Gasteiger partial charge in [-0.3, -0.25) is 19.4 Å². The van der Waals surface area contributed by atoms with Crippen molar-refractivity contribution in [1.82, 2.24) is 9.80 Å². The van der Waals surface area contributed by atoms with Crippen molar-refractivity contribution in [2.75, 3.05) is 43.0 Å². The molecule has 0 spiro atoms. The number of nitrogens with zero attached hydrogens (tertiary/aromatic N) is 2. The van der Waals surface area contributed by atoms with Crippen molar-refractivity contribution in [2.24, 2.45) is 5.73 Å². The second-order valence-corrected chi connectivity index (χ2v) is 11.6. The largest absolute Gasteiger partial charge is 0.365 e. The summed E-state index contributed by atoms with van der Waals surface area (Å²) in [4.78, 5) is 30.3. The fraction of sp³-hybridized carbons (Fsp3) is 0.684. The van der Waals surface area contributed by atoms with Gasteiger partial charge in [0, 0.05) is 37.1 Å². The van der Waals surface area contributed by atoms with Gasteiger partial charge in [-0.15, -0.1) is 11.3 Å². The van der Waals surface area contributed by atoms with E-state index >= 15 is 0 Å². The molecule has 3 heterocycles. The van der Waals surface area contributed by atoms with Crippen LogP contribution in [0, 0.1) is 0 Å². The summed E-state index contributed by atoms with van der Waals surface area (Å²) < 4.78 is 23.4. The lowest BCUT2D eigenvalue weighted by molar-refractivity contribution is -0.121. The molecule has 2 fully saturated rings. The van der Waals surface area contributed by atoms with Crippen LogP contribution >= 0.6 is 11.3 Å². The van der Waals surface area contributed by atoms with Gasteiger partial charge >= 0.3 is 0 Å². The Hall–Kier alpha value is -1.49. The Balaban J connectivity index is 1.36. The molecule has 8 nitrogen and oxygen atoms in total. The second-order valence-electron chi connectivity index (χ2n) is 8.22. The molecule has 0 aromatic carbocycles. The van der Waals surface area contributed by atoms with Crippen LogP contribution in [0.5, 0.6) is 0 Å². The second kappa shape index (κ2) is 7.98. The normalized spacial score (nSPS) is 25.6. The Bertz CT molecular complexity index is 919. The fourth-order valence-corrected chi connectivity index (χ4v) is 7.75. The highest BCUT2D eigenvalue weighted by molar-refractivity contribution is 7.91. The molecule has 0 bridgehead atoms. The Labute approximate surface area is 175 Å². The first-order chi connectivity index (χ1) is 13.7. The summed E-state index contributed by atoms with van der Waals surface area (Å²) in [7, 11) is -2.89. The number of fused-ring (bicyclic) bond motifs is 1. The summed E-state index contributed by atoms with van der Waals surface area (Å²) in [6.45, 7) is 4.83. The quantitative estimate of drug-likeness (QED) is 0.688. The van der Waals surface area contributed by atoms with Crippen LogP contribution in [-0.4, -0.2) is 79.8 Å². The summed E-state index contributed by atoms with van der Waals surface area (Å²) in [5, 5.41) is 3.52. The lowest BCUT2D eigenvalue weighted by Gasteiger charge is -2.39. The summed E-state index contributed by atoms with van der Waals surface area (Å²) in [5.41, 5.74) is 7.07. The molecule has 1 aromatic heterocycles. The highest BCUT2D eigenvalue weighted by Gasteiger charge is 2.35. The molecule has 3 aliphatic rings. The van der Waals surface area contributed by atoms with Crippen LogP contribution in [0.25, 0.3) is 0 Å². The van der Waals surface area contributed by atoms with Gasteiger partial charge in [0.15, 0.2) is 9.84 Å². The number of hydrogen-bond donors (Lipinski definition) is 2. The van der Waals surface area contributed by atoms with E-state index in [0.717, 1.165) is 55.9 Å². The Morgan fingerprint density at radius 1 is 1.21 bits per heavy atom. The Morgan fingerprint density at radius 2 is 1.93 bits per heavy atom. The average molecular weight is 441 g/mol. The van der Waals surface area contributed by atoms with Crippen LogP contribution in [0.15, 0.2) is 0 Å². The van der Waals surface area contributed by atoms with Gasteiger partial charge in [0.2, 0.25) is 5.91 Å². The van der Waals surface area contributed by atoms with Crippen molar-refractivity contribution in [3.63, 3.8) is 0 Å². The minimum atomic E-state index is -2.89. The van der Waals surface area contributed by atoms with E-state index in [1.807, 2.05) is 6.92 Å². The number of nitrogens with two attached hydrogens (primary N) is 1. The van der Waals surface area contributed by atoms with E-state index < -0.39 is 15.7 Å². The molecule has 29 heavy (non-hydrogen) atoms. The van der Waals surface area contributed by atoms with Gasteiger partial charge in [-0.05, 0) is 38.2 Å². The van der Waals surface area contributed by atoms with Crippen molar-refractivity contribution in [1.29, 1.82) is 0 Å². The zero-order valence-corrected chi connectivity index (χ0v) is 18.3. The highest BCUT2D eigenvalue weighted by atomic mass is 32.2. The van der Waals surface area contributed by atoms with E-state index in [-0.39, 0.29) is 29.5 Å². The first kappa shape index (κ1) is 20.8. The maximum absolute atomic E-state index is 12.8. The third kappa shape index (κ3) is 4.21. The molecule has 3 N–H and O–H groups in total. The SMILES string of the molecule is CC(C(=O)Nc1sc2c(c1C(N)=O)CCC2)N1CCN(C2CCS(=O)(=O)C2)CC1. The zero-order chi connectivity index (χ0) is 20.8. The molecular formula is C19H28N4O4S2. The van der Waals surface area contributed by atoms with Crippen molar-refractivity contribution < 1.29 is 18.0 Å². The molecule has 2 aliphatic heterocycles. The van der Waals surface area contributed by atoms with Crippen LogP contribution in [0.2, 0.25) is 0 Å². The molecule has 0 radical (unpaired) electrons. The average Bonchev–Trinajstić information content (AvgIpc) is 3.34. The number of aryl methyl sites for hydroxylation is 1. The first-order valence-corrected chi connectivity index (χ1v) is 12.8. The number of amides is 2. The number of anilines is 1. The van der Waals surface area contributed by atoms with Crippen LogP contribution in [0.4, 0.5) is 5.00 Å². The number of piperazine rings is 1. The fourth-order valence-electron chi connectivity index (χ4n) is 4.69. The molecule has 160 valence electrons. The lowest BCUT2D eigenvalue weighted by Crippen LogP contribution is -2.55. The van der Waals surface area contributed by atoms with Gasteiger partial charge in [0.1, 0.15) is 5.00 Å². The summed E-state index contributed by atoms with van der Waals surface area (Å²) in [5.74, 6) is -0.0807. The van der Waals surface area contributed by atoms with Gasteiger partial charge in [0.05, 0.1) is 23.1 Å². The molecule has 2 atom stereocenters. The standard InChI is InChI=1S/C19H28N4O4S2/c1-12(22-6-8-23(9-7-22)13-5-10-29(26,27)11-13)18(25)21-19-16(17(20)24)14-3-2-4-15(14)28-19/h12-13H,2-11H2,1H3,(H2,20,24)(H,21,25). The zero-order valence-electron chi connectivity index (χ0n) is 16.6. The Morgan fingerprint density at radius 3 is 2.55 bits per heavy atom. The number of rotatable bonds is 5. The van der Waals surface area contributed by atoms with Crippen molar-refractivity contribution >= 4 is 38.0 Å². The minimum absolute atomic E-state index is 0.109. The van der Waals surface area contributed by atoms with E-state index in [0.29, 0.717) is 17.0 Å². The summed E-state index contributed by atoms with van der Waals surface area (Å²) >= 11 is 1.47. The van der Waals surface area contributed by atoms with Crippen molar-refractivity contribution in [3.8, 4) is 0 Å². The van der Waals surface area contributed by atoms with E-state index in [4.69, 9.17) is 5.73 Å². The van der Waals surface area contributed by atoms with Crippen LogP contribution < -0.4 is 11.1 Å². The van der Waals surface area contributed by atoms with E-state index in [1.165, 1.54) is 11.3 Å². The summed E-state index contributed by atoms with van der Waals surface area (Å²) in [6.07, 6.45) is 3.51. The number of thiophene rings is 1. The number of sulfone groups is 1. The molecule has 2 amide bonds. The van der Waals surface area contributed by atoms with E-state index in [1.54, 1.807) is 0 Å². The number of primary amides is 1. The predicted molar refractivity (Wildman–Crippen MR) is 113 cm³/mol. The van der Waals surface area contributed by atoms with Gasteiger partial charge in [0.25, 0.3) is 5.91 Å². The number of carbonyl (C=O) groups excluding carboxylic acids is 2. The van der Waals surface area contributed by atoms with Gasteiger partial charge in [-0.25, -0.2) is 8.42 Å². The number of nitrogens with one attached hydrogen (secondary N) is 1. The molecule has 2 saturated heterocycles. The number of hydrogen-bond acceptors (Lipinski definition) is 7. The molecular weight excluding hydrogens is 412 g/mol. The third-order valence-corrected chi connectivity index (χ3v) is 9.36. The van der Waals surface area contributed by atoms with Crippen molar-refractivity contribution in [2.45, 2.75) is 44.7 Å². The predicted octanol–water partition coefficient (Wildman–Crippen LogP) is 0.467. The minimum Gasteiger partial charge on any atom is -0.365 e. The molecule has 1 aromatic rings. The smallest absolute Gasteiger partial charge is 0.251 e. The molecule has 2 unspecified atom stereocenters. The maximum atomic E-state index is 12.8. The topological polar surface area (TPSA) is 113 Å². The number of carbonyl (C=O) groups is 2. The van der Waals surface area contributed by atoms with Crippen LogP contribution in [0.3, 0.4) is 0 Å². The molecule has 4 rings (SSSR count). The first-order valence-electron chi connectivity index (χ1n) is 10.2. The van der Waals surface area contributed by atoms with Crippen molar-refractivity contribution in [3.05, 3.63) is 16.0 Å². The van der Waals surface area contributed by atoms with Crippen LogP contribution in [0.1, 0.15) is 40.6 Å². The van der Waals surface area contributed by atoms with Gasteiger partial charge in [-0.2, -0.15) is 0 Å². The lowest BCUT2D eigenvalue weighted by atomic mass is 10.1. The maximum Gasteiger partial charge on any atom is 0.251 e. The molecule has 0 saturated carbocycles. The van der Waals surface area contributed by atoms with Gasteiger partial charge < -0.3 is 11.1 Å². The summed E-state index contributed by atoms with van der Waals surface area (Å²) in [6, 6.07) is -0.222. The molecule has 1 aliphatic carbocycles.